The van der Waals surface area contributed by atoms with Crippen LogP contribution >= 0.6 is 0 Å². The second-order valence-electron chi connectivity index (χ2n) is 8.17. The lowest BCUT2D eigenvalue weighted by Crippen LogP contribution is -2.38. The van der Waals surface area contributed by atoms with E-state index >= 15 is 0 Å². The maximum absolute atomic E-state index is 13.1. The van der Waals surface area contributed by atoms with Gasteiger partial charge >= 0.3 is 0 Å². The molecule has 2 N–H and O–H groups in total. The monoisotopic (exact) mass is 380 g/mol. The van der Waals surface area contributed by atoms with Crippen molar-refractivity contribution in [1.29, 1.82) is 0 Å². The van der Waals surface area contributed by atoms with E-state index in [-0.39, 0.29) is 35.2 Å². The minimum absolute atomic E-state index is 0.0465. The Bertz CT molecular complexity index is 926. The van der Waals surface area contributed by atoms with Crippen LogP contribution in [0.1, 0.15) is 77.7 Å². The summed E-state index contributed by atoms with van der Waals surface area (Å²) in [4.78, 5) is 26.2. The third-order valence-corrected chi connectivity index (χ3v) is 6.29. The molecule has 5 heteroatoms. The number of rotatable bonds is 3. The number of aryl methyl sites for hydroxylation is 2. The summed E-state index contributed by atoms with van der Waals surface area (Å²) in [6.07, 6.45) is 7.42. The number of aliphatic hydroxyl groups excluding tert-OH is 1. The normalized spacial score (nSPS) is 24.4. The summed E-state index contributed by atoms with van der Waals surface area (Å²) in [5.41, 5.74) is 3.18. The first-order valence-corrected chi connectivity index (χ1v) is 10.3. The quantitative estimate of drug-likeness (QED) is 0.857. The van der Waals surface area contributed by atoms with Crippen molar-refractivity contribution >= 4 is 5.91 Å². The van der Waals surface area contributed by atoms with E-state index in [4.69, 9.17) is 0 Å². The van der Waals surface area contributed by atoms with E-state index in [0.29, 0.717) is 18.4 Å². The first-order valence-electron chi connectivity index (χ1n) is 10.3. The summed E-state index contributed by atoms with van der Waals surface area (Å²) in [6, 6.07) is 10.1. The zero-order valence-electron chi connectivity index (χ0n) is 16.4. The Hall–Kier alpha value is -2.40. The second kappa shape index (κ2) is 7.92. The van der Waals surface area contributed by atoms with Gasteiger partial charge in [0.2, 0.25) is 0 Å². The van der Waals surface area contributed by atoms with E-state index in [1.54, 1.807) is 10.8 Å². The van der Waals surface area contributed by atoms with Crippen molar-refractivity contribution < 1.29 is 9.90 Å². The van der Waals surface area contributed by atoms with Crippen LogP contribution in [0.3, 0.4) is 0 Å². The van der Waals surface area contributed by atoms with Crippen molar-refractivity contribution in [2.24, 2.45) is 0 Å². The van der Waals surface area contributed by atoms with Crippen LogP contribution < -0.4 is 10.9 Å². The van der Waals surface area contributed by atoms with Gasteiger partial charge in [0.05, 0.1) is 12.1 Å². The molecule has 5 nitrogen and oxygen atoms in total. The standard InChI is InChI=1S/C23H28N2O3/c1-15-13-14-25(17-9-11-18(26)12-10-17)23(28)21(15)22(27)24-20-8-4-6-16-5-2-3-7-19(16)20/h2-3,5,7,13-14,17-18,20,26H,4,6,8-12H2,1H3,(H,24,27). The Labute approximate surface area is 165 Å². The maximum Gasteiger partial charge on any atom is 0.263 e. The number of hydrogen-bond donors (Lipinski definition) is 2. The largest absolute Gasteiger partial charge is 0.393 e. The van der Waals surface area contributed by atoms with E-state index in [1.807, 2.05) is 25.1 Å². The molecular formula is C23H28N2O3. The Kier molecular flexibility index (Phi) is 5.36. The molecule has 1 atom stereocenters. The maximum atomic E-state index is 13.1. The molecule has 148 valence electrons. The van der Waals surface area contributed by atoms with Crippen molar-refractivity contribution in [2.75, 3.05) is 0 Å². The lowest BCUT2D eigenvalue weighted by atomic mass is 9.87. The number of hydrogen-bond acceptors (Lipinski definition) is 3. The van der Waals surface area contributed by atoms with Crippen LogP contribution in [0.4, 0.5) is 0 Å². The fourth-order valence-corrected chi connectivity index (χ4v) is 4.68. The van der Waals surface area contributed by atoms with Gasteiger partial charge < -0.3 is 15.0 Å². The zero-order chi connectivity index (χ0) is 19.7. The van der Waals surface area contributed by atoms with Crippen molar-refractivity contribution in [1.82, 2.24) is 9.88 Å². The molecule has 1 aromatic carbocycles. The van der Waals surface area contributed by atoms with E-state index < -0.39 is 0 Å². The number of carbonyl (C=O) groups excluding carboxylic acids is 1. The first-order chi connectivity index (χ1) is 13.5. The number of aromatic nitrogens is 1. The Morgan fingerprint density at radius 3 is 2.64 bits per heavy atom. The Morgan fingerprint density at radius 1 is 1.11 bits per heavy atom. The van der Waals surface area contributed by atoms with Gasteiger partial charge in [-0.1, -0.05) is 24.3 Å². The van der Waals surface area contributed by atoms with Gasteiger partial charge in [-0.25, -0.2) is 0 Å². The summed E-state index contributed by atoms with van der Waals surface area (Å²) in [6.45, 7) is 1.82. The summed E-state index contributed by atoms with van der Waals surface area (Å²) < 4.78 is 1.70. The van der Waals surface area contributed by atoms with Gasteiger partial charge in [-0.2, -0.15) is 0 Å². The zero-order valence-corrected chi connectivity index (χ0v) is 16.4. The second-order valence-corrected chi connectivity index (χ2v) is 8.17. The predicted octanol–water partition coefficient (Wildman–Crippen LogP) is 3.44. The van der Waals surface area contributed by atoms with Crippen LogP contribution in [-0.2, 0) is 6.42 Å². The molecule has 1 unspecified atom stereocenters. The molecule has 2 aliphatic carbocycles. The smallest absolute Gasteiger partial charge is 0.263 e. The summed E-state index contributed by atoms with van der Waals surface area (Å²) in [5, 5.41) is 12.9. The van der Waals surface area contributed by atoms with Crippen LogP contribution in [0, 0.1) is 6.92 Å². The first kappa shape index (κ1) is 18.9. The third-order valence-electron chi connectivity index (χ3n) is 6.29. The molecule has 0 spiro atoms. The topological polar surface area (TPSA) is 71.3 Å². The molecule has 1 fully saturated rings. The van der Waals surface area contributed by atoms with Gasteiger partial charge in [-0.3, -0.25) is 9.59 Å². The summed E-state index contributed by atoms with van der Waals surface area (Å²) in [7, 11) is 0. The van der Waals surface area contributed by atoms with E-state index in [1.165, 1.54) is 5.56 Å². The molecular weight excluding hydrogens is 352 g/mol. The molecule has 0 bridgehead atoms. The molecule has 1 aromatic heterocycles. The summed E-state index contributed by atoms with van der Waals surface area (Å²) >= 11 is 0. The van der Waals surface area contributed by atoms with Gasteiger partial charge in [0.15, 0.2) is 0 Å². The molecule has 1 saturated carbocycles. The number of nitrogens with zero attached hydrogens (tertiary/aromatic N) is 1. The van der Waals surface area contributed by atoms with Gasteiger partial charge in [0, 0.05) is 12.2 Å². The van der Waals surface area contributed by atoms with E-state index in [0.717, 1.165) is 37.7 Å². The highest BCUT2D eigenvalue weighted by atomic mass is 16.3. The molecule has 4 rings (SSSR count). The number of nitrogens with one attached hydrogen (secondary N) is 1. The lowest BCUT2D eigenvalue weighted by molar-refractivity contribution is 0.0926. The predicted molar refractivity (Wildman–Crippen MR) is 109 cm³/mol. The van der Waals surface area contributed by atoms with Crippen molar-refractivity contribution in [3.63, 3.8) is 0 Å². The third kappa shape index (κ3) is 3.63. The lowest BCUT2D eigenvalue weighted by Gasteiger charge is -2.28. The van der Waals surface area contributed by atoms with Crippen LogP contribution in [0.5, 0.6) is 0 Å². The highest BCUT2D eigenvalue weighted by Crippen LogP contribution is 2.30. The molecule has 1 amide bonds. The number of amides is 1. The van der Waals surface area contributed by atoms with Crippen molar-refractivity contribution in [2.45, 2.75) is 70.1 Å². The van der Waals surface area contributed by atoms with Crippen LogP contribution in [0.15, 0.2) is 41.3 Å². The molecule has 1 heterocycles. The van der Waals surface area contributed by atoms with Gasteiger partial charge in [0.25, 0.3) is 11.5 Å². The molecule has 0 aliphatic heterocycles. The minimum atomic E-state index is -0.283. The van der Waals surface area contributed by atoms with Crippen molar-refractivity contribution in [3.8, 4) is 0 Å². The number of fused-ring (bicyclic) bond motifs is 1. The fraction of sp³-hybridized carbons (Fsp3) is 0.478. The number of pyridine rings is 1. The molecule has 2 aromatic rings. The van der Waals surface area contributed by atoms with E-state index in [2.05, 4.69) is 17.4 Å². The Balaban J connectivity index is 1.60. The molecule has 0 radical (unpaired) electrons. The van der Waals surface area contributed by atoms with Gasteiger partial charge in [0.1, 0.15) is 5.56 Å². The van der Waals surface area contributed by atoms with Gasteiger partial charge in [-0.15, -0.1) is 0 Å². The fourth-order valence-electron chi connectivity index (χ4n) is 4.68. The SMILES string of the molecule is Cc1ccn(C2CCC(O)CC2)c(=O)c1C(=O)NC1CCCc2ccccc21. The summed E-state index contributed by atoms with van der Waals surface area (Å²) in [5.74, 6) is -0.283. The van der Waals surface area contributed by atoms with Crippen LogP contribution in [-0.4, -0.2) is 21.7 Å². The number of aliphatic hydroxyl groups is 1. The average Bonchev–Trinajstić information content (AvgIpc) is 2.69. The minimum Gasteiger partial charge on any atom is -0.393 e. The molecule has 28 heavy (non-hydrogen) atoms. The number of benzene rings is 1. The highest BCUT2D eigenvalue weighted by Gasteiger charge is 2.26. The van der Waals surface area contributed by atoms with E-state index in [9.17, 15) is 14.7 Å². The van der Waals surface area contributed by atoms with Crippen LogP contribution in [0.2, 0.25) is 0 Å². The van der Waals surface area contributed by atoms with Gasteiger partial charge in [-0.05, 0) is 74.6 Å². The molecule has 0 saturated heterocycles. The van der Waals surface area contributed by atoms with Crippen molar-refractivity contribution in [3.05, 3.63) is 69.1 Å². The highest BCUT2D eigenvalue weighted by molar-refractivity contribution is 5.95. The average molecular weight is 380 g/mol. The number of carbonyl (C=O) groups is 1. The van der Waals surface area contributed by atoms with Crippen LogP contribution in [0.25, 0.3) is 0 Å². The Morgan fingerprint density at radius 2 is 1.86 bits per heavy atom. The molecule has 2 aliphatic rings.